The molecule has 0 aliphatic carbocycles. The largest absolute Gasteiger partial charge is 0.497 e. The van der Waals surface area contributed by atoms with E-state index in [1.807, 2.05) is 0 Å². The zero-order valence-corrected chi connectivity index (χ0v) is 11.6. The molecule has 2 aromatic rings. The minimum atomic E-state index is -0.308. The maximum Gasteiger partial charge on any atom is 0.257 e. The van der Waals surface area contributed by atoms with Crippen LogP contribution in [0.3, 0.4) is 0 Å². The molecule has 0 radical (unpaired) electrons. The van der Waals surface area contributed by atoms with Gasteiger partial charge < -0.3 is 10.1 Å². The summed E-state index contributed by atoms with van der Waals surface area (Å²) in [6.45, 7) is 0. The summed E-state index contributed by atoms with van der Waals surface area (Å²) in [6, 6.07) is 11.8. The van der Waals surface area contributed by atoms with Crippen molar-refractivity contribution in [2.24, 2.45) is 0 Å². The van der Waals surface area contributed by atoms with Gasteiger partial charge in [0, 0.05) is 10.7 Å². The molecule has 2 aromatic carbocycles. The van der Waals surface area contributed by atoms with Crippen molar-refractivity contribution in [2.75, 3.05) is 12.4 Å². The Morgan fingerprint density at radius 2 is 1.79 bits per heavy atom. The molecule has 98 valence electrons. The number of anilines is 1. The van der Waals surface area contributed by atoms with Crippen LogP contribution in [0.4, 0.5) is 5.69 Å². The third kappa shape index (κ3) is 3.40. The number of ether oxygens (including phenoxy) is 1. The average Bonchev–Trinajstić information content (AvgIpc) is 2.42. The second-order valence-corrected chi connectivity index (χ2v) is 4.65. The minimum absolute atomic E-state index is 0.308. The summed E-state index contributed by atoms with van der Waals surface area (Å²) >= 11 is 11.8. The Morgan fingerprint density at radius 1 is 1.11 bits per heavy atom. The zero-order valence-electron chi connectivity index (χ0n) is 10.1. The highest BCUT2D eigenvalue weighted by Gasteiger charge is 2.11. The Bertz CT molecular complexity index is 597. The maximum absolute atomic E-state index is 12.1. The van der Waals surface area contributed by atoms with E-state index < -0.39 is 0 Å². The van der Waals surface area contributed by atoms with Gasteiger partial charge in [-0.1, -0.05) is 23.2 Å². The Hall–Kier alpha value is -1.71. The van der Waals surface area contributed by atoms with Gasteiger partial charge in [-0.05, 0) is 42.5 Å². The molecule has 0 spiro atoms. The molecule has 0 saturated carbocycles. The summed E-state index contributed by atoms with van der Waals surface area (Å²) in [6.07, 6.45) is 0. The van der Waals surface area contributed by atoms with Crippen molar-refractivity contribution < 1.29 is 9.53 Å². The summed E-state index contributed by atoms with van der Waals surface area (Å²) in [4.78, 5) is 12.1. The van der Waals surface area contributed by atoms with Crippen molar-refractivity contribution in [3.05, 3.63) is 58.1 Å². The fraction of sp³-hybridized carbons (Fsp3) is 0.0714. The molecule has 0 fully saturated rings. The van der Waals surface area contributed by atoms with Gasteiger partial charge in [0.1, 0.15) is 5.75 Å². The van der Waals surface area contributed by atoms with Gasteiger partial charge in [0.25, 0.3) is 5.91 Å². The Kier molecular flexibility index (Phi) is 4.30. The van der Waals surface area contributed by atoms with E-state index in [0.29, 0.717) is 21.3 Å². The Labute approximate surface area is 121 Å². The van der Waals surface area contributed by atoms with Crippen LogP contribution in [0.1, 0.15) is 10.4 Å². The number of hydrogen-bond acceptors (Lipinski definition) is 2. The zero-order chi connectivity index (χ0) is 13.8. The number of hydrogen-bond donors (Lipinski definition) is 1. The molecule has 0 unspecified atom stereocenters. The quantitative estimate of drug-likeness (QED) is 0.919. The number of halogens is 2. The molecule has 0 bridgehead atoms. The molecule has 0 heterocycles. The van der Waals surface area contributed by atoms with E-state index in [2.05, 4.69) is 5.32 Å². The van der Waals surface area contributed by atoms with E-state index >= 15 is 0 Å². The molecule has 0 aromatic heterocycles. The van der Waals surface area contributed by atoms with Gasteiger partial charge >= 0.3 is 0 Å². The number of amides is 1. The van der Waals surface area contributed by atoms with Crippen LogP contribution in [0.2, 0.25) is 10.0 Å². The van der Waals surface area contributed by atoms with Crippen molar-refractivity contribution >= 4 is 34.8 Å². The molecule has 0 atom stereocenters. The molecule has 3 nitrogen and oxygen atoms in total. The predicted octanol–water partition coefficient (Wildman–Crippen LogP) is 4.25. The highest BCUT2D eigenvalue weighted by molar-refractivity contribution is 6.36. The van der Waals surface area contributed by atoms with E-state index in [-0.39, 0.29) is 5.91 Å². The normalized spacial score (nSPS) is 10.1. The third-order valence-electron chi connectivity index (χ3n) is 2.52. The molecule has 1 N–H and O–H groups in total. The minimum Gasteiger partial charge on any atom is -0.497 e. The molecule has 2 rings (SSSR count). The van der Waals surface area contributed by atoms with Crippen molar-refractivity contribution in [3.63, 3.8) is 0 Å². The van der Waals surface area contributed by atoms with Crippen LogP contribution in [-0.2, 0) is 0 Å². The molecule has 5 heteroatoms. The number of methoxy groups -OCH3 is 1. The molecule has 0 saturated heterocycles. The number of carbonyl (C=O) groups is 1. The predicted molar refractivity (Wildman–Crippen MR) is 77.4 cm³/mol. The highest BCUT2D eigenvalue weighted by Crippen LogP contribution is 2.22. The standard InChI is InChI=1S/C14H11Cl2NO2/c1-19-11-5-3-10(4-6-11)17-14(18)12-8-9(15)2-7-13(12)16/h2-8H,1H3,(H,17,18). The molecular formula is C14H11Cl2NO2. The van der Waals surface area contributed by atoms with Gasteiger partial charge in [-0.2, -0.15) is 0 Å². The second kappa shape index (κ2) is 5.95. The van der Waals surface area contributed by atoms with Crippen LogP contribution in [0.5, 0.6) is 5.75 Å². The van der Waals surface area contributed by atoms with E-state index in [0.717, 1.165) is 5.75 Å². The highest BCUT2D eigenvalue weighted by atomic mass is 35.5. The number of rotatable bonds is 3. The van der Waals surface area contributed by atoms with Crippen LogP contribution in [0.25, 0.3) is 0 Å². The summed E-state index contributed by atoms with van der Waals surface area (Å²) < 4.78 is 5.04. The molecule has 19 heavy (non-hydrogen) atoms. The first-order valence-electron chi connectivity index (χ1n) is 5.50. The molecule has 0 aliphatic rings. The first kappa shape index (κ1) is 13.7. The molecule has 1 amide bonds. The maximum atomic E-state index is 12.1. The summed E-state index contributed by atoms with van der Waals surface area (Å²) in [7, 11) is 1.58. The SMILES string of the molecule is COc1ccc(NC(=O)c2cc(Cl)ccc2Cl)cc1. The monoisotopic (exact) mass is 295 g/mol. The lowest BCUT2D eigenvalue weighted by molar-refractivity contribution is 0.102. The van der Waals surface area contributed by atoms with Crippen molar-refractivity contribution in [1.82, 2.24) is 0 Å². The first-order valence-corrected chi connectivity index (χ1v) is 6.26. The fourth-order valence-corrected chi connectivity index (χ4v) is 1.92. The number of nitrogens with one attached hydrogen (secondary N) is 1. The summed E-state index contributed by atoms with van der Waals surface area (Å²) in [5.74, 6) is 0.413. The van der Waals surface area contributed by atoms with Crippen molar-refractivity contribution in [2.45, 2.75) is 0 Å². The van der Waals surface area contributed by atoms with Gasteiger partial charge in [0.2, 0.25) is 0 Å². The van der Waals surface area contributed by atoms with Crippen molar-refractivity contribution in [3.8, 4) is 5.75 Å². The second-order valence-electron chi connectivity index (χ2n) is 3.81. The van der Waals surface area contributed by atoms with Crippen LogP contribution in [0, 0.1) is 0 Å². The number of benzene rings is 2. The lowest BCUT2D eigenvalue weighted by atomic mass is 10.2. The summed E-state index contributed by atoms with van der Waals surface area (Å²) in [5.41, 5.74) is 0.992. The average molecular weight is 296 g/mol. The van der Waals surface area contributed by atoms with Crippen molar-refractivity contribution in [1.29, 1.82) is 0 Å². The van der Waals surface area contributed by atoms with Crippen LogP contribution in [0.15, 0.2) is 42.5 Å². The van der Waals surface area contributed by atoms with E-state index in [9.17, 15) is 4.79 Å². The van der Waals surface area contributed by atoms with E-state index in [1.165, 1.54) is 6.07 Å². The van der Waals surface area contributed by atoms with E-state index in [1.54, 1.807) is 43.5 Å². The topological polar surface area (TPSA) is 38.3 Å². The smallest absolute Gasteiger partial charge is 0.257 e. The van der Waals surface area contributed by atoms with Crippen LogP contribution in [-0.4, -0.2) is 13.0 Å². The van der Waals surface area contributed by atoms with Gasteiger partial charge in [-0.3, -0.25) is 4.79 Å². The van der Waals surface area contributed by atoms with E-state index in [4.69, 9.17) is 27.9 Å². The lowest BCUT2D eigenvalue weighted by Crippen LogP contribution is -2.12. The van der Waals surface area contributed by atoms with Crippen LogP contribution < -0.4 is 10.1 Å². The Balaban J connectivity index is 2.18. The van der Waals surface area contributed by atoms with Gasteiger partial charge in [-0.25, -0.2) is 0 Å². The van der Waals surface area contributed by atoms with Gasteiger partial charge in [0.05, 0.1) is 17.7 Å². The number of carbonyl (C=O) groups excluding carboxylic acids is 1. The van der Waals surface area contributed by atoms with Gasteiger partial charge in [0.15, 0.2) is 0 Å². The lowest BCUT2D eigenvalue weighted by Gasteiger charge is -2.08. The fourth-order valence-electron chi connectivity index (χ4n) is 1.54. The Morgan fingerprint density at radius 3 is 2.42 bits per heavy atom. The van der Waals surface area contributed by atoms with Crippen LogP contribution >= 0.6 is 23.2 Å². The first-order chi connectivity index (χ1) is 9.10. The third-order valence-corrected chi connectivity index (χ3v) is 3.09. The molecular weight excluding hydrogens is 285 g/mol. The summed E-state index contributed by atoms with van der Waals surface area (Å²) in [5, 5.41) is 3.56. The molecule has 0 aliphatic heterocycles. The van der Waals surface area contributed by atoms with Gasteiger partial charge in [-0.15, -0.1) is 0 Å².